The molecule has 0 saturated carbocycles. The molecule has 104 valence electrons. The first kappa shape index (κ1) is 14.4. The highest BCUT2D eigenvalue weighted by Crippen LogP contribution is 2.19. The van der Waals surface area contributed by atoms with Crippen LogP contribution in [0.15, 0.2) is 47.5 Å². The summed E-state index contributed by atoms with van der Waals surface area (Å²) < 4.78 is 4.63. The van der Waals surface area contributed by atoms with Crippen LogP contribution in [-0.4, -0.2) is 24.3 Å². The predicted molar refractivity (Wildman–Crippen MR) is 81.1 cm³/mol. The molecule has 0 saturated heterocycles. The Morgan fingerprint density at radius 3 is 2.85 bits per heavy atom. The van der Waals surface area contributed by atoms with Crippen LogP contribution >= 0.6 is 11.8 Å². The summed E-state index contributed by atoms with van der Waals surface area (Å²) in [5, 5.41) is 3.31. The van der Waals surface area contributed by atoms with Crippen molar-refractivity contribution in [2.75, 3.05) is 18.7 Å². The van der Waals surface area contributed by atoms with Crippen molar-refractivity contribution in [2.24, 2.45) is 0 Å². The van der Waals surface area contributed by atoms with Crippen LogP contribution in [0, 0.1) is 0 Å². The molecular formula is C15H16N2O2S. The lowest BCUT2D eigenvalue weighted by molar-refractivity contribution is 0.0600. The topological polar surface area (TPSA) is 51.2 Å². The van der Waals surface area contributed by atoms with Gasteiger partial charge in [-0.3, -0.25) is 4.98 Å². The van der Waals surface area contributed by atoms with Crippen LogP contribution in [0.3, 0.4) is 0 Å². The molecule has 2 aromatic rings. The minimum atomic E-state index is -0.371. The fraction of sp³-hybridized carbons (Fsp3) is 0.200. The third kappa shape index (κ3) is 3.74. The van der Waals surface area contributed by atoms with E-state index in [2.05, 4.69) is 27.2 Å². The maximum Gasteiger partial charge on any atom is 0.339 e. The molecule has 5 heteroatoms. The number of carbonyl (C=O) groups excluding carboxylic acids is 1. The van der Waals surface area contributed by atoms with E-state index in [1.54, 1.807) is 17.8 Å². The fourth-order valence-electron chi connectivity index (χ4n) is 1.69. The van der Waals surface area contributed by atoms with E-state index in [-0.39, 0.29) is 5.97 Å². The normalized spacial score (nSPS) is 10.1. The van der Waals surface area contributed by atoms with Gasteiger partial charge in [-0.25, -0.2) is 4.79 Å². The van der Waals surface area contributed by atoms with Gasteiger partial charge in [0.05, 0.1) is 24.9 Å². The molecule has 0 unspecified atom stereocenters. The summed E-state index contributed by atoms with van der Waals surface area (Å²) in [5.41, 5.74) is 2.38. The highest BCUT2D eigenvalue weighted by Gasteiger charge is 2.05. The van der Waals surface area contributed by atoms with E-state index in [1.807, 2.05) is 24.5 Å². The molecule has 1 aromatic carbocycles. The molecule has 0 amide bonds. The average molecular weight is 288 g/mol. The average Bonchev–Trinajstić information content (AvgIpc) is 2.53. The Hall–Kier alpha value is -2.01. The van der Waals surface area contributed by atoms with Crippen LogP contribution < -0.4 is 5.32 Å². The molecule has 0 bridgehead atoms. The van der Waals surface area contributed by atoms with E-state index in [9.17, 15) is 4.79 Å². The number of carbonyl (C=O) groups is 1. The molecule has 1 N–H and O–H groups in total. The van der Waals surface area contributed by atoms with Crippen LogP contribution in [0.5, 0.6) is 0 Å². The molecule has 0 atom stereocenters. The molecule has 0 fully saturated rings. The van der Waals surface area contributed by atoms with Gasteiger partial charge >= 0.3 is 5.97 Å². The Morgan fingerprint density at radius 1 is 1.35 bits per heavy atom. The van der Waals surface area contributed by atoms with Gasteiger partial charge in [-0.05, 0) is 36.6 Å². The number of anilines is 1. The number of thioether (sulfide) groups is 1. The number of esters is 1. The van der Waals surface area contributed by atoms with Crippen molar-refractivity contribution in [1.82, 2.24) is 4.98 Å². The van der Waals surface area contributed by atoms with Gasteiger partial charge in [-0.15, -0.1) is 11.8 Å². The van der Waals surface area contributed by atoms with Gasteiger partial charge in [0, 0.05) is 16.8 Å². The van der Waals surface area contributed by atoms with Gasteiger partial charge < -0.3 is 10.1 Å². The number of nitrogens with zero attached hydrogens (tertiary/aromatic N) is 1. The summed E-state index contributed by atoms with van der Waals surface area (Å²) in [4.78, 5) is 16.7. The highest BCUT2D eigenvalue weighted by atomic mass is 32.2. The minimum Gasteiger partial charge on any atom is -0.465 e. The first-order valence-electron chi connectivity index (χ1n) is 6.14. The van der Waals surface area contributed by atoms with Crippen molar-refractivity contribution in [3.8, 4) is 0 Å². The third-order valence-corrected chi connectivity index (χ3v) is 3.51. The van der Waals surface area contributed by atoms with Crippen molar-refractivity contribution >= 4 is 23.4 Å². The van der Waals surface area contributed by atoms with Crippen molar-refractivity contribution in [2.45, 2.75) is 11.4 Å². The molecule has 0 aliphatic heterocycles. The number of nitrogens with one attached hydrogen (secondary N) is 1. The molecule has 0 aliphatic rings. The Labute approximate surface area is 122 Å². The van der Waals surface area contributed by atoms with Crippen LogP contribution in [0.4, 0.5) is 5.69 Å². The van der Waals surface area contributed by atoms with E-state index in [0.717, 1.165) is 11.4 Å². The van der Waals surface area contributed by atoms with Gasteiger partial charge in [0.2, 0.25) is 0 Å². The number of pyridine rings is 1. The predicted octanol–water partition coefficient (Wildman–Crippen LogP) is 3.20. The molecule has 1 aromatic heterocycles. The second-order valence-electron chi connectivity index (χ2n) is 4.12. The van der Waals surface area contributed by atoms with Gasteiger partial charge in [-0.2, -0.15) is 0 Å². The SMILES string of the molecule is COC(=O)c1ccc(CNc2cccc(SC)c2)nc1. The quantitative estimate of drug-likeness (QED) is 0.676. The standard InChI is InChI=1S/C15H16N2O2S/c1-19-15(18)11-6-7-13(16-9-11)10-17-12-4-3-5-14(8-12)20-2/h3-9,17H,10H2,1-2H3. The fourth-order valence-corrected chi connectivity index (χ4v) is 2.15. The van der Waals surface area contributed by atoms with Gasteiger partial charge in [-0.1, -0.05) is 6.07 Å². The highest BCUT2D eigenvalue weighted by molar-refractivity contribution is 7.98. The molecule has 2 rings (SSSR count). The summed E-state index contributed by atoms with van der Waals surface area (Å²) in [6.07, 6.45) is 3.58. The minimum absolute atomic E-state index is 0.371. The smallest absolute Gasteiger partial charge is 0.339 e. The van der Waals surface area contributed by atoms with E-state index < -0.39 is 0 Å². The Morgan fingerprint density at radius 2 is 2.20 bits per heavy atom. The largest absolute Gasteiger partial charge is 0.465 e. The number of aromatic nitrogens is 1. The summed E-state index contributed by atoms with van der Waals surface area (Å²) >= 11 is 1.71. The van der Waals surface area contributed by atoms with Crippen molar-refractivity contribution in [1.29, 1.82) is 0 Å². The number of hydrogen-bond acceptors (Lipinski definition) is 5. The zero-order chi connectivity index (χ0) is 14.4. The maximum absolute atomic E-state index is 11.3. The van der Waals surface area contributed by atoms with E-state index in [0.29, 0.717) is 12.1 Å². The number of rotatable bonds is 5. The van der Waals surface area contributed by atoms with Crippen molar-refractivity contribution < 1.29 is 9.53 Å². The molecule has 0 aliphatic carbocycles. The zero-order valence-electron chi connectivity index (χ0n) is 11.4. The lowest BCUT2D eigenvalue weighted by atomic mass is 10.2. The Kier molecular flexibility index (Phi) is 5.01. The Bertz CT molecular complexity index is 585. The second-order valence-corrected chi connectivity index (χ2v) is 4.99. The van der Waals surface area contributed by atoms with Crippen LogP contribution in [0.25, 0.3) is 0 Å². The van der Waals surface area contributed by atoms with Crippen LogP contribution in [-0.2, 0) is 11.3 Å². The third-order valence-electron chi connectivity index (χ3n) is 2.79. The summed E-state index contributed by atoms with van der Waals surface area (Å²) in [7, 11) is 1.36. The van der Waals surface area contributed by atoms with Crippen molar-refractivity contribution in [3.63, 3.8) is 0 Å². The van der Waals surface area contributed by atoms with E-state index >= 15 is 0 Å². The molecular weight excluding hydrogens is 272 g/mol. The first-order chi connectivity index (χ1) is 9.72. The molecule has 1 heterocycles. The number of methoxy groups -OCH3 is 1. The molecule has 20 heavy (non-hydrogen) atoms. The van der Waals surface area contributed by atoms with Gasteiger partial charge in [0.25, 0.3) is 0 Å². The molecule has 0 radical (unpaired) electrons. The molecule has 4 nitrogen and oxygen atoms in total. The summed E-state index contributed by atoms with van der Waals surface area (Å²) in [6.45, 7) is 0.610. The van der Waals surface area contributed by atoms with Gasteiger partial charge in [0.15, 0.2) is 0 Å². The lowest BCUT2D eigenvalue weighted by Crippen LogP contribution is -2.05. The maximum atomic E-state index is 11.3. The number of benzene rings is 1. The van der Waals surface area contributed by atoms with Gasteiger partial charge in [0.1, 0.15) is 0 Å². The first-order valence-corrected chi connectivity index (χ1v) is 7.36. The second kappa shape index (κ2) is 6.96. The monoisotopic (exact) mass is 288 g/mol. The lowest BCUT2D eigenvalue weighted by Gasteiger charge is -2.07. The van der Waals surface area contributed by atoms with Crippen molar-refractivity contribution in [3.05, 3.63) is 53.9 Å². The zero-order valence-corrected chi connectivity index (χ0v) is 12.2. The number of ether oxygens (including phenoxy) is 1. The van der Waals surface area contributed by atoms with E-state index in [4.69, 9.17) is 0 Å². The van der Waals surface area contributed by atoms with Crippen LogP contribution in [0.2, 0.25) is 0 Å². The van der Waals surface area contributed by atoms with E-state index in [1.165, 1.54) is 18.2 Å². The number of hydrogen-bond donors (Lipinski definition) is 1. The molecule has 0 spiro atoms. The van der Waals surface area contributed by atoms with Crippen LogP contribution in [0.1, 0.15) is 16.1 Å². The Balaban J connectivity index is 1.98. The summed E-state index contributed by atoms with van der Waals surface area (Å²) in [5.74, 6) is -0.371. The summed E-state index contributed by atoms with van der Waals surface area (Å²) in [6, 6.07) is 11.7.